The van der Waals surface area contributed by atoms with Gasteiger partial charge in [-0.25, -0.2) is 9.78 Å². The topological polar surface area (TPSA) is 67.2 Å². The summed E-state index contributed by atoms with van der Waals surface area (Å²) < 4.78 is 5.23. The van der Waals surface area contributed by atoms with Crippen molar-refractivity contribution in [1.29, 1.82) is 0 Å². The first kappa shape index (κ1) is 12.4. The Labute approximate surface area is 109 Å². The fourth-order valence-electron chi connectivity index (χ4n) is 1.35. The standard InChI is InChI=1S/C12H12ClN3O2/c1-8-6-14-11(18-8)7-15-12(17)16-10-4-2-9(13)3-5-10/h2-6H,7H2,1H3,(H2,15,16,17). The van der Waals surface area contributed by atoms with Crippen LogP contribution in [-0.2, 0) is 6.54 Å². The number of nitrogens with zero attached hydrogens (tertiary/aromatic N) is 1. The Morgan fingerprint density at radius 3 is 2.72 bits per heavy atom. The zero-order valence-electron chi connectivity index (χ0n) is 9.74. The molecule has 0 spiro atoms. The molecule has 5 nitrogen and oxygen atoms in total. The third kappa shape index (κ3) is 3.49. The molecule has 6 heteroatoms. The maximum atomic E-state index is 11.6. The van der Waals surface area contributed by atoms with Gasteiger partial charge in [0.15, 0.2) is 0 Å². The highest BCUT2D eigenvalue weighted by Crippen LogP contribution is 2.13. The van der Waals surface area contributed by atoms with Crippen molar-refractivity contribution in [2.75, 3.05) is 5.32 Å². The van der Waals surface area contributed by atoms with Crippen molar-refractivity contribution in [1.82, 2.24) is 10.3 Å². The van der Waals surface area contributed by atoms with E-state index >= 15 is 0 Å². The van der Waals surface area contributed by atoms with Crippen molar-refractivity contribution < 1.29 is 9.21 Å². The van der Waals surface area contributed by atoms with Crippen LogP contribution < -0.4 is 10.6 Å². The number of benzene rings is 1. The lowest BCUT2D eigenvalue weighted by molar-refractivity contribution is 0.250. The summed E-state index contributed by atoms with van der Waals surface area (Å²) in [6.07, 6.45) is 1.61. The summed E-state index contributed by atoms with van der Waals surface area (Å²) in [6, 6.07) is 6.52. The molecule has 2 rings (SSSR count). The molecule has 0 bridgehead atoms. The minimum Gasteiger partial charge on any atom is -0.444 e. The van der Waals surface area contributed by atoms with Crippen molar-refractivity contribution in [3.8, 4) is 0 Å². The van der Waals surface area contributed by atoms with Crippen LogP contribution in [-0.4, -0.2) is 11.0 Å². The van der Waals surface area contributed by atoms with Crippen LogP contribution in [0.2, 0.25) is 5.02 Å². The Hall–Kier alpha value is -2.01. The molecule has 0 radical (unpaired) electrons. The fourth-order valence-corrected chi connectivity index (χ4v) is 1.47. The lowest BCUT2D eigenvalue weighted by Crippen LogP contribution is -2.28. The molecule has 2 N–H and O–H groups in total. The third-order valence-electron chi connectivity index (χ3n) is 2.17. The van der Waals surface area contributed by atoms with Gasteiger partial charge in [-0.15, -0.1) is 0 Å². The second-order valence-electron chi connectivity index (χ2n) is 3.68. The number of hydrogen-bond acceptors (Lipinski definition) is 3. The van der Waals surface area contributed by atoms with Crippen molar-refractivity contribution in [2.24, 2.45) is 0 Å². The maximum absolute atomic E-state index is 11.6. The number of carbonyl (C=O) groups excluding carboxylic acids is 1. The van der Waals surface area contributed by atoms with Gasteiger partial charge in [0.05, 0.1) is 12.7 Å². The average Bonchev–Trinajstić information content (AvgIpc) is 2.76. The quantitative estimate of drug-likeness (QED) is 0.897. The first-order chi connectivity index (χ1) is 8.63. The summed E-state index contributed by atoms with van der Waals surface area (Å²) in [5.74, 6) is 1.18. The van der Waals surface area contributed by atoms with Gasteiger partial charge in [-0.2, -0.15) is 0 Å². The van der Waals surface area contributed by atoms with Gasteiger partial charge < -0.3 is 15.1 Å². The summed E-state index contributed by atoms with van der Waals surface area (Å²) in [4.78, 5) is 15.5. The minimum atomic E-state index is -0.326. The third-order valence-corrected chi connectivity index (χ3v) is 2.42. The first-order valence-corrected chi connectivity index (χ1v) is 5.73. The summed E-state index contributed by atoms with van der Waals surface area (Å²) in [7, 11) is 0. The molecule has 0 saturated heterocycles. The predicted octanol–water partition coefficient (Wildman–Crippen LogP) is 2.96. The Morgan fingerprint density at radius 2 is 2.11 bits per heavy atom. The van der Waals surface area contributed by atoms with E-state index in [4.69, 9.17) is 16.0 Å². The number of amides is 2. The number of carbonyl (C=O) groups is 1. The van der Waals surface area contributed by atoms with Gasteiger partial charge in [0.2, 0.25) is 5.89 Å². The molecule has 0 saturated carbocycles. The second kappa shape index (κ2) is 5.55. The molecule has 0 fully saturated rings. The number of anilines is 1. The highest BCUT2D eigenvalue weighted by molar-refractivity contribution is 6.30. The molecule has 18 heavy (non-hydrogen) atoms. The molecule has 1 aromatic carbocycles. The van der Waals surface area contributed by atoms with Gasteiger partial charge in [0.25, 0.3) is 0 Å². The molecular weight excluding hydrogens is 254 g/mol. The van der Waals surface area contributed by atoms with Crippen LogP contribution in [0.4, 0.5) is 10.5 Å². The highest BCUT2D eigenvalue weighted by atomic mass is 35.5. The SMILES string of the molecule is Cc1cnc(CNC(=O)Nc2ccc(Cl)cc2)o1. The Balaban J connectivity index is 1.83. The number of aromatic nitrogens is 1. The van der Waals surface area contributed by atoms with Gasteiger partial charge in [-0.05, 0) is 31.2 Å². The number of oxazole rings is 1. The van der Waals surface area contributed by atoms with Gasteiger partial charge in [-0.1, -0.05) is 11.6 Å². The minimum absolute atomic E-state index is 0.243. The van der Waals surface area contributed by atoms with E-state index in [-0.39, 0.29) is 12.6 Å². The average molecular weight is 266 g/mol. The molecule has 0 aliphatic heterocycles. The fraction of sp³-hybridized carbons (Fsp3) is 0.167. The Bertz CT molecular complexity index is 537. The smallest absolute Gasteiger partial charge is 0.319 e. The van der Waals surface area contributed by atoms with E-state index in [0.717, 1.165) is 0 Å². The number of halogens is 1. The number of hydrogen-bond donors (Lipinski definition) is 2. The van der Waals surface area contributed by atoms with E-state index in [2.05, 4.69) is 15.6 Å². The van der Waals surface area contributed by atoms with E-state index in [1.165, 1.54) is 0 Å². The number of rotatable bonds is 3. The van der Waals surface area contributed by atoms with Crippen LogP contribution in [0.25, 0.3) is 0 Å². The lowest BCUT2D eigenvalue weighted by Gasteiger charge is -2.05. The normalized spacial score (nSPS) is 10.1. The first-order valence-electron chi connectivity index (χ1n) is 5.35. The maximum Gasteiger partial charge on any atom is 0.319 e. The van der Waals surface area contributed by atoms with Gasteiger partial charge in [-0.3, -0.25) is 0 Å². The summed E-state index contributed by atoms with van der Waals surface area (Å²) in [6.45, 7) is 2.04. The van der Waals surface area contributed by atoms with E-state index in [9.17, 15) is 4.79 Å². The second-order valence-corrected chi connectivity index (χ2v) is 4.12. The van der Waals surface area contributed by atoms with Gasteiger partial charge in [0, 0.05) is 10.7 Å². The van der Waals surface area contributed by atoms with Gasteiger partial charge >= 0.3 is 6.03 Å². The van der Waals surface area contributed by atoms with E-state index in [0.29, 0.717) is 22.4 Å². The van der Waals surface area contributed by atoms with Crippen LogP contribution in [0.5, 0.6) is 0 Å². The summed E-state index contributed by atoms with van der Waals surface area (Å²) in [5, 5.41) is 5.93. The van der Waals surface area contributed by atoms with Crippen LogP contribution in [0.1, 0.15) is 11.7 Å². The highest BCUT2D eigenvalue weighted by Gasteiger charge is 2.04. The summed E-state index contributed by atoms with van der Waals surface area (Å²) >= 11 is 5.74. The van der Waals surface area contributed by atoms with E-state index in [1.54, 1.807) is 37.4 Å². The molecule has 94 valence electrons. The van der Waals surface area contributed by atoms with Crippen LogP contribution in [0, 0.1) is 6.92 Å². The molecule has 2 aromatic rings. The zero-order chi connectivity index (χ0) is 13.0. The lowest BCUT2D eigenvalue weighted by atomic mass is 10.3. The molecule has 0 unspecified atom stereocenters. The number of nitrogens with one attached hydrogen (secondary N) is 2. The molecule has 2 amide bonds. The number of aryl methyl sites for hydroxylation is 1. The predicted molar refractivity (Wildman–Crippen MR) is 68.6 cm³/mol. The van der Waals surface area contributed by atoms with Gasteiger partial charge in [0.1, 0.15) is 5.76 Å². The summed E-state index contributed by atoms with van der Waals surface area (Å²) in [5.41, 5.74) is 0.667. The Morgan fingerprint density at radius 1 is 1.39 bits per heavy atom. The monoisotopic (exact) mass is 265 g/mol. The van der Waals surface area contributed by atoms with Crippen molar-refractivity contribution >= 4 is 23.3 Å². The van der Waals surface area contributed by atoms with Crippen LogP contribution >= 0.6 is 11.6 Å². The molecule has 0 atom stereocenters. The van der Waals surface area contributed by atoms with Crippen LogP contribution in [0.3, 0.4) is 0 Å². The van der Waals surface area contributed by atoms with Crippen molar-refractivity contribution in [3.63, 3.8) is 0 Å². The van der Waals surface area contributed by atoms with Crippen molar-refractivity contribution in [2.45, 2.75) is 13.5 Å². The van der Waals surface area contributed by atoms with Crippen molar-refractivity contribution in [3.05, 3.63) is 47.1 Å². The van der Waals surface area contributed by atoms with E-state index in [1.807, 2.05) is 0 Å². The van der Waals surface area contributed by atoms with E-state index < -0.39 is 0 Å². The largest absolute Gasteiger partial charge is 0.444 e. The number of urea groups is 1. The molecule has 1 aromatic heterocycles. The van der Waals surface area contributed by atoms with Crippen LogP contribution in [0.15, 0.2) is 34.9 Å². The molecular formula is C12H12ClN3O2. The zero-order valence-corrected chi connectivity index (χ0v) is 10.5. The Kier molecular flexibility index (Phi) is 3.84. The molecule has 0 aliphatic carbocycles. The molecule has 0 aliphatic rings. The molecule has 1 heterocycles.